The van der Waals surface area contributed by atoms with Crippen molar-refractivity contribution in [2.75, 3.05) is 13.7 Å². The van der Waals surface area contributed by atoms with Gasteiger partial charge in [-0.15, -0.1) is 0 Å². The lowest BCUT2D eigenvalue weighted by Gasteiger charge is -2.47. The van der Waals surface area contributed by atoms with Crippen LogP contribution in [0.5, 0.6) is 0 Å². The molecule has 10 saturated heterocycles. The van der Waals surface area contributed by atoms with Crippen LogP contribution in [0.15, 0.2) is 24.3 Å². The smallest absolute Gasteiger partial charge is 0.172 e. The van der Waals surface area contributed by atoms with Gasteiger partial charge in [0.15, 0.2) is 5.79 Å². The number of hydrogen-bond acceptors (Lipinski definition) is 12. The Hall–Kier alpha value is -1.29. The van der Waals surface area contributed by atoms with Gasteiger partial charge in [-0.1, -0.05) is 20.1 Å². The van der Waals surface area contributed by atoms with Crippen molar-refractivity contribution in [2.24, 2.45) is 17.6 Å². The molecule has 12 bridgehead atoms. The molecule has 290 valence electrons. The minimum atomic E-state index is -0.780. The predicted molar refractivity (Wildman–Crippen MR) is 186 cm³/mol. The number of Topliss-reactive ketones (excluding diaryl/α,β-unsaturated/α-hetero) is 1. The lowest BCUT2D eigenvalue weighted by Crippen LogP contribution is -2.61. The van der Waals surface area contributed by atoms with Crippen LogP contribution in [-0.4, -0.2) is 128 Å². The molecule has 12 nitrogen and oxygen atoms in total. The second-order valence-electron chi connectivity index (χ2n) is 17.4. The van der Waals surface area contributed by atoms with Crippen LogP contribution in [0.2, 0.25) is 0 Å². The molecule has 3 unspecified atom stereocenters. The zero-order chi connectivity index (χ0) is 35.9. The van der Waals surface area contributed by atoms with Crippen molar-refractivity contribution in [3.8, 4) is 0 Å². The van der Waals surface area contributed by atoms with Gasteiger partial charge in [0.25, 0.3) is 0 Å². The summed E-state index contributed by atoms with van der Waals surface area (Å²) in [5, 5.41) is 10.5. The van der Waals surface area contributed by atoms with Gasteiger partial charge in [0.05, 0.1) is 67.1 Å². The first-order chi connectivity index (χ1) is 25.1. The number of hydrogen-bond donors (Lipinski definition) is 2. The third-order valence-corrected chi connectivity index (χ3v) is 14.0. The van der Waals surface area contributed by atoms with Crippen molar-refractivity contribution >= 4 is 5.78 Å². The average molecular weight is 730 g/mol. The molecule has 0 aliphatic carbocycles. The van der Waals surface area contributed by atoms with Crippen LogP contribution < -0.4 is 5.73 Å². The minimum absolute atomic E-state index is 0.0158. The van der Waals surface area contributed by atoms with Crippen molar-refractivity contribution in [3.63, 3.8) is 0 Å². The van der Waals surface area contributed by atoms with E-state index in [1.807, 2.05) is 0 Å². The van der Waals surface area contributed by atoms with Crippen molar-refractivity contribution in [1.29, 1.82) is 0 Å². The number of aliphatic hydroxyl groups is 1. The highest BCUT2D eigenvalue weighted by molar-refractivity contribution is 5.79. The van der Waals surface area contributed by atoms with E-state index in [1.54, 1.807) is 7.11 Å². The SMILES string of the molecule is C=C1C[C@@H]2CCC34C[C@H]5O[C@@H]6[C@@H](O3)[C@H]3O[C@H](CC[C@@H]3O[C@H]6[C@H]5O4)CC(=O)C[C@H]3[C@H](C[C@H]4OC(CC[C@@H]1O2)C[C@@H](C)C4=C)OC(C[C@H](O)CN)[C@@H]3OC. The highest BCUT2D eigenvalue weighted by Crippen LogP contribution is 2.54. The molecule has 19 atom stereocenters. The van der Waals surface area contributed by atoms with Crippen LogP contribution in [0.1, 0.15) is 90.4 Å². The van der Waals surface area contributed by atoms with Gasteiger partial charge in [0.2, 0.25) is 0 Å². The van der Waals surface area contributed by atoms with E-state index in [9.17, 15) is 9.90 Å². The summed E-state index contributed by atoms with van der Waals surface area (Å²) in [6.07, 6.45) is 4.85. The standard InChI is InChI=1S/C40H59NO11/c1-19-11-24-5-7-28-20(2)12-26(45-28)9-10-40-17-33-36(51-40)37-38(50-33)39(52-40)35-29(49-37)8-6-25(47-35)13-22(42)14-27-31(16-30(46-24)21(19)3)48-32(34(27)44-4)15-23(43)18-41/h19,23-39,43H,2-3,5-18,41H2,1,4H3/t19-,23+,24?,25-,26+,27+,28+,29+,30-,31+,32?,33-,34-,35+,36+,37+,38+,39+,40?/m1/s1. The largest absolute Gasteiger partial charge is 0.392 e. The highest BCUT2D eigenvalue weighted by atomic mass is 16.8. The van der Waals surface area contributed by atoms with Crippen molar-refractivity contribution < 1.29 is 52.5 Å². The Bertz CT molecular complexity index is 1380. The molecular weight excluding hydrogens is 670 g/mol. The molecule has 10 fully saturated rings. The number of methoxy groups -OCH3 is 1. The maximum Gasteiger partial charge on any atom is 0.172 e. The summed E-state index contributed by atoms with van der Waals surface area (Å²) in [6.45, 7) is 11.3. The van der Waals surface area contributed by atoms with Crippen LogP contribution in [0.3, 0.4) is 0 Å². The zero-order valence-corrected chi connectivity index (χ0v) is 30.8. The number of carbonyl (C=O) groups excluding carboxylic acids is 1. The molecule has 3 N–H and O–H groups in total. The minimum Gasteiger partial charge on any atom is -0.392 e. The average Bonchev–Trinajstić information content (AvgIpc) is 3.79. The van der Waals surface area contributed by atoms with E-state index in [0.29, 0.717) is 25.7 Å². The van der Waals surface area contributed by atoms with Crippen LogP contribution in [0.25, 0.3) is 0 Å². The molecule has 0 saturated carbocycles. The number of ether oxygens (including phenoxy) is 9. The number of fused-ring (bicyclic) bond motifs is 6. The fourth-order valence-corrected chi connectivity index (χ4v) is 11.3. The first-order valence-electron chi connectivity index (χ1n) is 20.2. The van der Waals surface area contributed by atoms with E-state index in [4.69, 9.17) is 48.4 Å². The highest BCUT2D eigenvalue weighted by Gasteiger charge is 2.68. The Morgan fingerprint density at radius 2 is 1.56 bits per heavy atom. The van der Waals surface area contributed by atoms with Crippen LogP contribution in [-0.2, 0) is 47.4 Å². The molecule has 10 heterocycles. The Morgan fingerprint density at radius 1 is 0.808 bits per heavy atom. The summed E-state index contributed by atoms with van der Waals surface area (Å²) >= 11 is 0. The second kappa shape index (κ2) is 14.3. The molecule has 52 heavy (non-hydrogen) atoms. The first kappa shape index (κ1) is 36.4. The van der Waals surface area contributed by atoms with Gasteiger partial charge in [-0.25, -0.2) is 0 Å². The maximum absolute atomic E-state index is 14.1. The topological polar surface area (TPSA) is 146 Å². The fraction of sp³-hybridized carbons (Fsp3) is 0.875. The number of aliphatic hydroxyl groups excluding tert-OH is 1. The summed E-state index contributed by atoms with van der Waals surface area (Å²) in [7, 11) is 1.66. The number of nitrogens with two attached hydrogens (primary N) is 1. The van der Waals surface area contributed by atoms with Crippen LogP contribution >= 0.6 is 0 Å². The van der Waals surface area contributed by atoms with Gasteiger partial charge in [-0.3, -0.25) is 4.79 Å². The maximum atomic E-state index is 14.1. The Kier molecular flexibility index (Phi) is 10.0. The van der Waals surface area contributed by atoms with Gasteiger partial charge in [0, 0.05) is 58.1 Å². The first-order valence-corrected chi connectivity index (χ1v) is 20.2. The van der Waals surface area contributed by atoms with Gasteiger partial charge < -0.3 is 53.5 Å². The molecule has 1 spiro atoms. The third kappa shape index (κ3) is 6.59. The molecule has 10 aliphatic heterocycles. The van der Waals surface area contributed by atoms with Crippen molar-refractivity contribution in [2.45, 2.75) is 194 Å². The molecule has 0 radical (unpaired) electrons. The monoisotopic (exact) mass is 729 g/mol. The fourth-order valence-electron chi connectivity index (χ4n) is 11.3. The van der Waals surface area contributed by atoms with Crippen LogP contribution in [0.4, 0.5) is 0 Å². The van der Waals surface area contributed by atoms with E-state index < -0.39 is 18.0 Å². The van der Waals surface area contributed by atoms with Crippen LogP contribution in [0, 0.1) is 11.8 Å². The lowest BCUT2D eigenvalue weighted by molar-refractivity contribution is -0.292. The van der Waals surface area contributed by atoms with Gasteiger partial charge in [0.1, 0.15) is 36.3 Å². The number of ketones is 1. The lowest BCUT2D eigenvalue weighted by atomic mass is 9.81. The molecule has 10 aliphatic rings. The summed E-state index contributed by atoms with van der Waals surface area (Å²) in [6, 6.07) is 0. The van der Waals surface area contributed by atoms with Crippen molar-refractivity contribution in [3.05, 3.63) is 24.3 Å². The number of carbonyl (C=O) groups is 1. The molecule has 12 heteroatoms. The molecule has 0 aromatic carbocycles. The molecular formula is C40H59NO11. The normalized spacial score (nSPS) is 52.4. The molecule has 0 aromatic heterocycles. The van der Waals surface area contributed by atoms with Gasteiger partial charge in [-0.05, 0) is 62.0 Å². The summed E-state index contributed by atoms with van der Waals surface area (Å²) < 4.78 is 60.0. The van der Waals surface area contributed by atoms with Crippen molar-refractivity contribution in [1.82, 2.24) is 0 Å². The van der Waals surface area contributed by atoms with Gasteiger partial charge >= 0.3 is 0 Å². The van der Waals surface area contributed by atoms with E-state index >= 15 is 0 Å². The third-order valence-electron chi connectivity index (χ3n) is 14.0. The Balaban J connectivity index is 0.994. The van der Waals surface area contributed by atoms with E-state index in [-0.39, 0.29) is 122 Å². The molecule has 0 aromatic rings. The summed E-state index contributed by atoms with van der Waals surface area (Å²) in [5.74, 6) is -0.619. The Morgan fingerprint density at radius 3 is 2.38 bits per heavy atom. The zero-order valence-electron chi connectivity index (χ0n) is 30.8. The Labute approximate surface area is 307 Å². The van der Waals surface area contributed by atoms with Gasteiger partial charge in [-0.2, -0.15) is 0 Å². The van der Waals surface area contributed by atoms with E-state index in [2.05, 4.69) is 20.1 Å². The predicted octanol–water partition coefficient (Wildman–Crippen LogP) is 3.44. The quantitative estimate of drug-likeness (QED) is 0.409. The molecule has 0 amide bonds. The summed E-state index contributed by atoms with van der Waals surface area (Å²) in [4.78, 5) is 14.1. The summed E-state index contributed by atoms with van der Waals surface area (Å²) in [5.41, 5.74) is 8.01. The van der Waals surface area contributed by atoms with E-state index in [1.165, 1.54) is 0 Å². The number of rotatable bonds is 4. The molecule has 10 rings (SSSR count). The second-order valence-corrected chi connectivity index (χ2v) is 17.4. The van der Waals surface area contributed by atoms with E-state index in [0.717, 1.165) is 56.1 Å².